The van der Waals surface area contributed by atoms with Gasteiger partial charge >= 0.3 is 0 Å². The van der Waals surface area contributed by atoms with Gasteiger partial charge in [-0.3, -0.25) is 14.3 Å². The molecule has 30 heavy (non-hydrogen) atoms. The second kappa shape index (κ2) is 8.53. The van der Waals surface area contributed by atoms with Crippen molar-refractivity contribution in [1.29, 1.82) is 0 Å². The van der Waals surface area contributed by atoms with Gasteiger partial charge in [0.25, 0.3) is 0 Å². The minimum Gasteiger partial charge on any atom is -0.381 e. The van der Waals surface area contributed by atoms with Crippen LogP contribution >= 0.6 is 0 Å². The van der Waals surface area contributed by atoms with Crippen molar-refractivity contribution >= 4 is 11.8 Å². The van der Waals surface area contributed by atoms with Gasteiger partial charge in [-0.15, -0.1) is 0 Å². The number of hydrogen-bond acceptors (Lipinski definition) is 4. The Labute approximate surface area is 178 Å². The standard InChI is InChI=1S/C23H34N4O3/c1-16(2)6-9-23(22(29)24-13-17-14-25-26(3)15-17)12-19-4-5-20(23)27(19)21(28)18-7-10-30-11-8-18/h6,14-15,18-20H,4-5,7-13H2,1-3H3,(H,24,29)/t19-,20+,23+/m1/s1. The molecule has 164 valence electrons. The molecule has 3 aliphatic heterocycles. The Morgan fingerprint density at radius 1 is 1.27 bits per heavy atom. The molecule has 4 rings (SSSR count). The number of allylic oxidation sites excluding steroid dienone is 2. The smallest absolute Gasteiger partial charge is 0.228 e. The average Bonchev–Trinajstić information content (AvgIpc) is 3.44. The van der Waals surface area contributed by atoms with Crippen LogP contribution in [0.2, 0.25) is 0 Å². The zero-order valence-corrected chi connectivity index (χ0v) is 18.4. The van der Waals surface area contributed by atoms with Crippen LogP contribution in [0.4, 0.5) is 0 Å². The van der Waals surface area contributed by atoms with Crippen molar-refractivity contribution in [3.05, 3.63) is 29.6 Å². The molecule has 4 heterocycles. The maximum Gasteiger partial charge on any atom is 0.228 e. The van der Waals surface area contributed by atoms with Gasteiger partial charge in [0.2, 0.25) is 11.8 Å². The summed E-state index contributed by atoms with van der Waals surface area (Å²) in [6.07, 6.45) is 10.8. The van der Waals surface area contributed by atoms with Crippen LogP contribution in [0.15, 0.2) is 24.0 Å². The molecular formula is C23H34N4O3. The number of amides is 2. The normalized spacial score (nSPS) is 28.6. The first-order valence-electron chi connectivity index (χ1n) is 11.2. The lowest BCUT2D eigenvalue weighted by atomic mass is 9.70. The molecule has 3 aliphatic rings. The van der Waals surface area contributed by atoms with E-state index in [4.69, 9.17) is 4.74 Å². The summed E-state index contributed by atoms with van der Waals surface area (Å²) in [6.45, 7) is 5.93. The second-order valence-electron chi connectivity index (χ2n) is 9.43. The highest BCUT2D eigenvalue weighted by molar-refractivity contribution is 5.88. The van der Waals surface area contributed by atoms with Crippen molar-refractivity contribution in [3.63, 3.8) is 0 Å². The van der Waals surface area contributed by atoms with Crippen LogP contribution in [0.5, 0.6) is 0 Å². The number of ether oxygens (including phenoxy) is 1. The van der Waals surface area contributed by atoms with Gasteiger partial charge in [-0.2, -0.15) is 5.10 Å². The van der Waals surface area contributed by atoms with Crippen LogP contribution in [-0.2, 0) is 27.9 Å². The first-order valence-corrected chi connectivity index (χ1v) is 11.2. The summed E-state index contributed by atoms with van der Waals surface area (Å²) < 4.78 is 7.19. The predicted octanol–water partition coefficient (Wildman–Crippen LogP) is 2.57. The average molecular weight is 415 g/mol. The molecule has 1 aromatic rings. The van der Waals surface area contributed by atoms with E-state index in [0.29, 0.717) is 26.2 Å². The maximum atomic E-state index is 13.6. The fourth-order valence-electron chi connectivity index (χ4n) is 5.54. The highest BCUT2D eigenvalue weighted by atomic mass is 16.5. The first kappa shape index (κ1) is 21.1. The van der Waals surface area contributed by atoms with E-state index in [-0.39, 0.29) is 29.8 Å². The third kappa shape index (κ3) is 3.92. The topological polar surface area (TPSA) is 76.5 Å². The molecule has 2 bridgehead atoms. The van der Waals surface area contributed by atoms with Gasteiger partial charge < -0.3 is 15.0 Å². The molecule has 3 atom stereocenters. The maximum absolute atomic E-state index is 13.6. The van der Waals surface area contributed by atoms with Crippen LogP contribution in [0.1, 0.15) is 57.9 Å². The quantitative estimate of drug-likeness (QED) is 0.726. The minimum atomic E-state index is -0.538. The summed E-state index contributed by atoms with van der Waals surface area (Å²) in [6, 6.07) is 0.169. The van der Waals surface area contributed by atoms with Crippen LogP contribution in [-0.4, -0.2) is 51.8 Å². The van der Waals surface area contributed by atoms with Crippen molar-refractivity contribution < 1.29 is 14.3 Å². The molecule has 3 saturated heterocycles. The molecule has 7 nitrogen and oxygen atoms in total. The van der Waals surface area contributed by atoms with E-state index in [2.05, 4.69) is 35.2 Å². The highest BCUT2D eigenvalue weighted by Gasteiger charge is 2.61. The summed E-state index contributed by atoms with van der Waals surface area (Å²) in [7, 11) is 1.87. The number of carbonyl (C=O) groups excluding carboxylic acids is 2. The Morgan fingerprint density at radius 2 is 2.03 bits per heavy atom. The van der Waals surface area contributed by atoms with Crippen LogP contribution in [0.25, 0.3) is 0 Å². The van der Waals surface area contributed by atoms with E-state index in [1.807, 2.05) is 13.2 Å². The van der Waals surface area contributed by atoms with Gasteiger partial charge in [-0.1, -0.05) is 11.6 Å². The van der Waals surface area contributed by atoms with Crippen molar-refractivity contribution in [3.8, 4) is 0 Å². The van der Waals surface area contributed by atoms with Crippen molar-refractivity contribution in [2.45, 2.75) is 71.0 Å². The summed E-state index contributed by atoms with van der Waals surface area (Å²) in [5.41, 5.74) is 1.66. The Hall–Kier alpha value is -2.15. The number of carbonyl (C=O) groups is 2. The van der Waals surface area contributed by atoms with Crippen LogP contribution < -0.4 is 5.32 Å². The zero-order valence-electron chi connectivity index (χ0n) is 18.4. The second-order valence-corrected chi connectivity index (χ2v) is 9.43. The molecule has 0 spiro atoms. The van der Waals surface area contributed by atoms with Gasteiger partial charge in [0.15, 0.2) is 0 Å². The zero-order chi connectivity index (χ0) is 21.3. The molecule has 1 N–H and O–H groups in total. The number of rotatable bonds is 6. The van der Waals surface area contributed by atoms with Crippen LogP contribution in [0.3, 0.4) is 0 Å². The summed E-state index contributed by atoms with van der Waals surface area (Å²) in [5.74, 6) is 0.352. The van der Waals surface area contributed by atoms with Crippen molar-refractivity contribution in [2.24, 2.45) is 18.4 Å². The number of fused-ring (bicyclic) bond motifs is 2. The van der Waals surface area contributed by atoms with E-state index in [0.717, 1.165) is 37.7 Å². The van der Waals surface area contributed by atoms with Gasteiger partial charge in [0.05, 0.1) is 11.6 Å². The Bertz CT molecular complexity index is 822. The number of aryl methyl sites for hydroxylation is 1. The Morgan fingerprint density at radius 3 is 2.70 bits per heavy atom. The Kier molecular flexibility index (Phi) is 6.00. The number of nitrogens with zero attached hydrogens (tertiary/aromatic N) is 3. The highest BCUT2D eigenvalue weighted by Crippen LogP contribution is 2.53. The molecule has 2 amide bonds. The molecule has 1 aromatic heterocycles. The fraction of sp³-hybridized carbons (Fsp3) is 0.696. The molecule has 0 saturated carbocycles. The SMILES string of the molecule is CC(C)=CC[C@]1(C(=O)NCc2cnn(C)c2)C[C@H]2CC[C@@H]1N2C(=O)C1CCOCC1. The van der Waals surface area contributed by atoms with E-state index in [1.165, 1.54) is 5.57 Å². The number of nitrogens with one attached hydrogen (secondary N) is 1. The summed E-state index contributed by atoms with van der Waals surface area (Å²) >= 11 is 0. The Balaban J connectivity index is 1.54. The van der Waals surface area contributed by atoms with Gasteiger partial charge in [-0.25, -0.2) is 0 Å². The van der Waals surface area contributed by atoms with E-state index < -0.39 is 5.41 Å². The third-order valence-corrected chi connectivity index (χ3v) is 7.10. The molecule has 0 aliphatic carbocycles. The summed E-state index contributed by atoms with van der Waals surface area (Å²) in [5, 5.41) is 7.35. The summed E-state index contributed by atoms with van der Waals surface area (Å²) in [4.78, 5) is 29.1. The van der Waals surface area contributed by atoms with Crippen molar-refractivity contribution in [1.82, 2.24) is 20.0 Å². The molecule has 3 fully saturated rings. The molecule has 0 radical (unpaired) electrons. The van der Waals surface area contributed by atoms with Gasteiger partial charge in [0, 0.05) is 56.6 Å². The predicted molar refractivity (Wildman–Crippen MR) is 113 cm³/mol. The third-order valence-electron chi connectivity index (χ3n) is 7.10. The fourth-order valence-corrected chi connectivity index (χ4v) is 5.54. The minimum absolute atomic E-state index is 0.0117. The largest absolute Gasteiger partial charge is 0.381 e. The monoisotopic (exact) mass is 414 g/mol. The first-order chi connectivity index (χ1) is 14.4. The lowest BCUT2D eigenvalue weighted by Crippen LogP contribution is -2.50. The van der Waals surface area contributed by atoms with E-state index >= 15 is 0 Å². The molecule has 0 aromatic carbocycles. The van der Waals surface area contributed by atoms with E-state index in [9.17, 15) is 9.59 Å². The molecule has 0 unspecified atom stereocenters. The lowest BCUT2D eigenvalue weighted by molar-refractivity contribution is -0.142. The number of aromatic nitrogens is 2. The van der Waals surface area contributed by atoms with Gasteiger partial charge in [-0.05, 0) is 52.4 Å². The van der Waals surface area contributed by atoms with E-state index in [1.54, 1.807) is 10.9 Å². The molecular weight excluding hydrogens is 380 g/mol. The van der Waals surface area contributed by atoms with Crippen molar-refractivity contribution in [2.75, 3.05) is 13.2 Å². The lowest BCUT2D eigenvalue weighted by Gasteiger charge is -2.36. The van der Waals surface area contributed by atoms with Crippen LogP contribution in [0, 0.1) is 11.3 Å². The molecule has 7 heteroatoms. The van der Waals surface area contributed by atoms with Gasteiger partial charge in [0.1, 0.15) is 0 Å². The number of hydrogen-bond donors (Lipinski definition) is 1.